The van der Waals surface area contributed by atoms with E-state index in [0.29, 0.717) is 32.1 Å². The van der Waals surface area contributed by atoms with Crippen LogP contribution in [0.25, 0.3) is 0 Å². The van der Waals surface area contributed by atoms with Crippen molar-refractivity contribution in [3.05, 3.63) is 35.4 Å². The summed E-state index contributed by atoms with van der Waals surface area (Å²) in [5.74, 6) is 0. The molecule has 2 aliphatic heterocycles. The number of sulfone groups is 1. The van der Waals surface area contributed by atoms with Gasteiger partial charge in [0, 0.05) is 0 Å². The van der Waals surface area contributed by atoms with Crippen LogP contribution in [0.1, 0.15) is 36.8 Å². The SMILES string of the molecule is N#CCc1ccc(C2(O)CC3CCC(C2)S3(=O)=O)cc1. The van der Waals surface area contributed by atoms with E-state index in [-0.39, 0.29) is 0 Å². The van der Waals surface area contributed by atoms with Crippen molar-refractivity contribution in [3.63, 3.8) is 0 Å². The molecule has 106 valence electrons. The van der Waals surface area contributed by atoms with Crippen molar-refractivity contribution in [2.75, 3.05) is 0 Å². The van der Waals surface area contributed by atoms with Crippen LogP contribution in [0, 0.1) is 11.3 Å². The highest BCUT2D eigenvalue weighted by molar-refractivity contribution is 7.93. The lowest BCUT2D eigenvalue weighted by atomic mass is 9.85. The zero-order valence-electron chi connectivity index (χ0n) is 11.1. The van der Waals surface area contributed by atoms with Gasteiger partial charge in [-0.05, 0) is 36.8 Å². The predicted octanol–water partition coefficient (Wildman–Crippen LogP) is 1.68. The fraction of sp³-hybridized carbons (Fsp3) is 0.533. The molecule has 2 bridgehead atoms. The van der Waals surface area contributed by atoms with Crippen LogP contribution in [0.3, 0.4) is 0 Å². The first-order valence-electron chi connectivity index (χ1n) is 6.87. The van der Waals surface area contributed by atoms with E-state index in [2.05, 4.69) is 6.07 Å². The molecule has 0 aromatic heterocycles. The number of hydrogen-bond donors (Lipinski definition) is 1. The van der Waals surface area contributed by atoms with Crippen molar-refractivity contribution in [2.24, 2.45) is 0 Å². The van der Waals surface area contributed by atoms with E-state index >= 15 is 0 Å². The molecular formula is C15H17NO3S. The number of rotatable bonds is 2. The van der Waals surface area contributed by atoms with Gasteiger partial charge in [-0.2, -0.15) is 5.26 Å². The molecule has 2 atom stereocenters. The van der Waals surface area contributed by atoms with Gasteiger partial charge in [-0.3, -0.25) is 0 Å². The monoisotopic (exact) mass is 291 g/mol. The van der Waals surface area contributed by atoms with Crippen LogP contribution in [0.5, 0.6) is 0 Å². The Morgan fingerprint density at radius 2 is 1.75 bits per heavy atom. The highest BCUT2D eigenvalue weighted by Gasteiger charge is 2.53. The molecule has 5 heteroatoms. The molecule has 2 aliphatic rings. The van der Waals surface area contributed by atoms with Crippen molar-refractivity contribution in [1.29, 1.82) is 5.26 Å². The fourth-order valence-corrected chi connectivity index (χ4v) is 5.99. The maximum atomic E-state index is 12.1. The molecule has 3 rings (SSSR count). The van der Waals surface area contributed by atoms with E-state index < -0.39 is 25.9 Å². The van der Waals surface area contributed by atoms with Gasteiger partial charge < -0.3 is 5.11 Å². The Bertz CT molecular complexity index is 637. The van der Waals surface area contributed by atoms with Gasteiger partial charge in [-0.1, -0.05) is 24.3 Å². The third-order valence-electron chi connectivity index (χ3n) is 4.65. The molecule has 2 unspecified atom stereocenters. The van der Waals surface area contributed by atoms with Crippen LogP contribution >= 0.6 is 0 Å². The summed E-state index contributed by atoms with van der Waals surface area (Å²) in [5, 5.41) is 18.7. The van der Waals surface area contributed by atoms with Gasteiger partial charge in [0.15, 0.2) is 9.84 Å². The summed E-state index contributed by atoms with van der Waals surface area (Å²) >= 11 is 0. The maximum Gasteiger partial charge on any atom is 0.156 e. The molecule has 2 saturated heterocycles. The van der Waals surface area contributed by atoms with Gasteiger partial charge in [0.1, 0.15) is 0 Å². The smallest absolute Gasteiger partial charge is 0.156 e. The van der Waals surface area contributed by atoms with Crippen molar-refractivity contribution in [3.8, 4) is 6.07 Å². The Morgan fingerprint density at radius 1 is 1.20 bits per heavy atom. The van der Waals surface area contributed by atoms with Crippen LogP contribution in [-0.2, 0) is 21.9 Å². The summed E-state index contributed by atoms with van der Waals surface area (Å²) < 4.78 is 24.2. The summed E-state index contributed by atoms with van der Waals surface area (Å²) in [5.41, 5.74) is 0.639. The first-order chi connectivity index (χ1) is 9.45. The van der Waals surface area contributed by atoms with Crippen LogP contribution < -0.4 is 0 Å². The van der Waals surface area contributed by atoms with Gasteiger partial charge >= 0.3 is 0 Å². The molecule has 1 aromatic rings. The zero-order valence-corrected chi connectivity index (χ0v) is 11.9. The van der Waals surface area contributed by atoms with E-state index in [0.717, 1.165) is 11.1 Å². The highest BCUT2D eigenvalue weighted by atomic mass is 32.2. The Morgan fingerprint density at radius 3 is 2.25 bits per heavy atom. The third-order valence-corrected chi connectivity index (χ3v) is 7.31. The molecule has 1 N–H and O–H groups in total. The van der Waals surface area contributed by atoms with E-state index in [1.165, 1.54) is 0 Å². The molecule has 2 fully saturated rings. The topological polar surface area (TPSA) is 78.2 Å². The minimum atomic E-state index is -3.03. The number of nitrogens with zero attached hydrogens (tertiary/aromatic N) is 1. The standard InChI is InChI=1S/C15H17NO3S/c16-8-7-11-1-3-12(4-2-11)15(17)9-13-5-6-14(10-15)20(13,18)19/h1-4,13-14,17H,5-7,9-10H2. The molecule has 0 radical (unpaired) electrons. The highest BCUT2D eigenvalue weighted by Crippen LogP contribution is 2.47. The number of nitriles is 1. The minimum absolute atomic E-state index is 0.295. The summed E-state index contributed by atoms with van der Waals surface area (Å²) in [6, 6.07) is 9.40. The van der Waals surface area contributed by atoms with Crippen LogP contribution in [0.4, 0.5) is 0 Å². The number of benzene rings is 1. The Kier molecular flexibility index (Phi) is 3.11. The van der Waals surface area contributed by atoms with Crippen molar-refractivity contribution < 1.29 is 13.5 Å². The number of fused-ring (bicyclic) bond motifs is 2. The Labute approximate surface area is 119 Å². The van der Waals surface area contributed by atoms with Gasteiger partial charge in [0.05, 0.1) is 28.6 Å². The lowest BCUT2D eigenvalue weighted by Crippen LogP contribution is -2.43. The summed E-state index contributed by atoms with van der Waals surface area (Å²) in [6.45, 7) is 0. The van der Waals surface area contributed by atoms with Gasteiger partial charge in [0.25, 0.3) is 0 Å². The maximum absolute atomic E-state index is 12.1. The van der Waals surface area contributed by atoms with Crippen molar-refractivity contribution >= 4 is 9.84 Å². The van der Waals surface area contributed by atoms with E-state index in [1.807, 2.05) is 24.3 Å². The van der Waals surface area contributed by atoms with Gasteiger partial charge in [0.2, 0.25) is 0 Å². The van der Waals surface area contributed by atoms with Crippen LogP contribution in [0.15, 0.2) is 24.3 Å². The Hall–Kier alpha value is -1.38. The number of aliphatic hydroxyl groups is 1. The van der Waals surface area contributed by atoms with E-state index in [1.54, 1.807) is 0 Å². The second-order valence-corrected chi connectivity index (χ2v) is 8.39. The summed E-state index contributed by atoms with van der Waals surface area (Å²) in [7, 11) is -3.03. The molecule has 1 aromatic carbocycles. The van der Waals surface area contributed by atoms with E-state index in [4.69, 9.17) is 5.26 Å². The molecule has 0 spiro atoms. The van der Waals surface area contributed by atoms with Crippen molar-refractivity contribution in [2.45, 2.75) is 48.2 Å². The lowest BCUT2D eigenvalue weighted by Gasteiger charge is -2.36. The van der Waals surface area contributed by atoms with Crippen LogP contribution in [-0.4, -0.2) is 24.0 Å². The second-order valence-electron chi connectivity index (χ2n) is 5.88. The Balaban J connectivity index is 1.89. The average Bonchev–Trinajstić information content (AvgIpc) is 2.60. The molecule has 0 amide bonds. The summed E-state index contributed by atoms with van der Waals surface area (Å²) in [6.07, 6.45) is 2.27. The normalized spacial score (nSPS) is 34.6. The lowest BCUT2D eigenvalue weighted by molar-refractivity contribution is 0.0173. The third kappa shape index (κ3) is 2.04. The molecule has 2 heterocycles. The predicted molar refractivity (Wildman–Crippen MR) is 74.6 cm³/mol. The molecular weight excluding hydrogens is 274 g/mol. The minimum Gasteiger partial charge on any atom is -0.385 e. The molecule has 0 saturated carbocycles. The molecule has 4 nitrogen and oxygen atoms in total. The molecule has 0 aliphatic carbocycles. The fourth-order valence-electron chi connectivity index (χ4n) is 3.51. The zero-order chi connectivity index (χ0) is 14.4. The largest absolute Gasteiger partial charge is 0.385 e. The molecule has 20 heavy (non-hydrogen) atoms. The summed E-state index contributed by atoms with van der Waals surface area (Å²) in [4.78, 5) is 0. The van der Waals surface area contributed by atoms with Gasteiger partial charge in [-0.15, -0.1) is 0 Å². The van der Waals surface area contributed by atoms with Gasteiger partial charge in [-0.25, -0.2) is 8.42 Å². The van der Waals surface area contributed by atoms with Crippen molar-refractivity contribution in [1.82, 2.24) is 0 Å². The average molecular weight is 291 g/mol. The van der Waals surface area contributed by atoms with Crippen LogP contribution in [0.2, 0.25) is 0 Å². The van der Waals surface area contributed by atoms with E-state index in [9.17, 15) is 13.5 Å². The number of hydrogen-bond acceptors (Lipinski definition) is 4. The first-order valence-corrected chi connectivity index (χ1v) is 8.48. The first kappa shape index (κ1) is 13.6. The quantitative estimate of drug-likeness (QED) is 0.899. The second kappa shape index (κ2) is 4.57.